The smallest absolute Gasteiger partial charge is 0.105 e. The summed E-state index contributed by atoms with van der Waals surface area (Å²) in [7, 11) is 2.01. The van der Waals surface area contributed by atoms with Crippen molar-refractivity contribution in [3.63, 3.8) is 0 Å². The van der Waals surface area contributed by atoms with Crippen LogP contribution in [0.3, 0.4) is 0 Å². The zero-order chi connectivity index (χ0) is 13.8. The van der Waals surface area contributed by atoms with Crippen molar-refractivity contribution in [2.24, 2.45) is 0 Å². The lowest BCUT2D eigenvalue weighted by atomic mass is 9.91. The highest BCUT2D eigenvalue weighted by Crippen LogP contribution is 2.29. The Balaban J connectivity index is 2.51. The minimum absolute atomic E-state index is 0.209. The van der Waals surface area contributed by atoms with Gasteiger partial charge in [0, 0.05) is 5.56 Å². The van der Waals surface area contributed by atoms with Crippen LogP contribution in [0.1, 0.15) is 47.9 Å². The average Bonchev–Trinajstić information content (AvgIpc) is 2.86. The normalized spacial score (nSPS) is 12.6. The van der Waals surface area contributed by atoms with Crippen molar-refractivity contribution >= 4 is 0 Å². The molecule has 102 valence electrons. The molecule has 1 N–H and O–H groups in total. The van der Waals surface area contributed by atoms with E-state index in [1.807, 2.05) is 14.0 Å². The van der Waals surface area contributed by atoms with Gasteiger partial charge in [-0.05, 0) is 49.6 Å². The Morgan fingerprint density at radius 1 is 1.11 bits per heavy atom. The standard InChI is InChI=1S/C17H23NO/c1-5-13-7-8-14(6-2)16(11-13)17(18-4)15-9-10-19-12(15)3/h7-11,17-18H,5-6H2,1-4H3. The zero-order valence-electron chi connectivity index (χ0n) is 12.3. The predicted octanol–water partition coefficient (Wildman–Crippen LogP) is 4.02. The van der Waals surface area contributed by atoms with Crippen LogP contribution in [0.15, 0.2) is 34.9 Å². The summed E-state index contributed by atoms with van der Waals surface area (Å²) < 4.78 is 5.46. The molecule has 19 heavy (non-hydrogen) atoms. The maximum atomic E-state index is 5.46. The van der Waals surface area contributed by atoms with Crippen molar-refractivity contribution in [1.29, 1.82) is 0 Å². The fourth-order valence-corrected chi connectivity index (χ4v) is 2.63. The van der Waals surface area contributed by atoms with Gasteiger partial charge in [0.25, 0.3) is 0 Å². The van der Waals surface area contributed by atoms with E-state index in [1.54, 1.807) is 6.26 Å². The number of furan rings is 1. The first-order chi connectivity index (χ1) is 9.21. The van der Waals surface area contributed by atoms with Gasteiger partial charge in [-0.25, -0.2) is 0 Å². The van der Waals surface area contributed by atoms with Gasteiger partial charge in [0.2, 0.25) is 0 Å². The Bertz CT molecular complexity index is 542. The lowest BCUT2D eigenvalue weighted by Crippen LogP contribution is -2.19. The molecular weight excluding hydrogens is 234 g/mol. The number of benzene rings is 1. The fourth-order valence-electron chi connectivity index (χ4n) is 2.63. The monoisotopic (exact) mass is 257 g/mol. The van der Waals surface area contributed by atoms with E-state index in [2.05, 4.69) is 43.4 Å². The summed E-state index contributed by atoms with van der Waals surface area (Å²) in [5, 5.41) is 3.43. The Hall–Kier alpha value is -1.54. The minimum atomic E-state index is 0.209. The average molecular weight is 257 g/mol. The maximum absolute atomic E-state index is 5.46. The van der Waals surface area contributed by atoms with Crippen molar-refractivity contribution in [3.8, 4) is 0 Å². The second-order valence-corrected chi connectivity index (χ2v) is 4.89. The van der Waals surface area contributed by atoms with Gasteiger partial charge in [-0.3, -0.25) is 0 Å². The van der Waals surface area contributed by atoms with Crippen molar-refractivity contribution in [2.45, 2.75) is 39.7 Å². The van der Waals surface area contributed by atoms with Crippen molar-refractivity contribution < 1.29 is 4.42 Å². The van der Waals surface area contributed by atoms with Gasteiger partial charge in [0.15, 0.2) is 0 Å². The SMILES string of the molecule is CCc1ccc(CC)c(C(NC)c2ccoc2C)c1. The Morgan fingerprint density at radius 2 is 1.89 bits per heavy atom. The largest absolute Gasteiger partial charge is 0.469 e. The Kier molecular flexibility index (Phi) is 4.43. The van der Waals surface area contributed by atoms with Crippen molar-refractivity contribution in [2.75, 3.05) is 7.05 Å². The molecule has 0 fully saturated rings. The van der Waals surface area contributed by atoms with Crippen LogP contribution in [0.5, 0.6) is 0 Å². The molecule has 0 aliphatic heterocycles. The first kappa shape index (κ1) is 13.9. The molecule has 0 saturated carbocycles. The maximum Gasteiger partial charge on any atom is 0.105 e. The van der Waals surface area contributed by atoms with E-state index in [4.69, 9.17) is 4.42 Å². The zero-order valence-corrected chi connectivity index (χ0v) is 12.3. The summed E-state index contributed by atoms with van der Waals surface area (Å²) in [6, 6.07) is 9.09. The second-order valence-electron chi connectivity index (χ2n) is 4.89. The van der Waals surface area contributed by atoms with Gasteiger partial charge in [-0.1, -0.05) is 32.0 Å². The first-order valence-corrected chi connectivity index (χ1v) is 7.04. The molecule has 0 aliphatic rings. The van der Waals surface area contributed by atoms with E-state index in [1.165, 1.54) is 22.3 Å². The van der Waals surface area contributed by atoms with Gasteiger partial charge >= 0.3 is 0 Å². The molecule has 0 spiro atoms. The molecule has 1 atom stereocenters. The number of hydrogen-bond acceptors (Lipinski definition) is 2. The molecule has 2 nitrogen and oxygen atoms in total. The van der Waals surface area contributed by atoms with Gasteiger partial charge in [0.05, 0.1) is 12.3 Å². The third-order valence-electron chi connectivity index (χ3n) is 3.81. The molecule has 0 amide bonds. The van der Waals surface area contributed by atoms with E-state index in [0.717, 1.165) is 18.6 Å². The van der Waals surface area contributed by atoms with Crippen LogP contribution in [0, 0.1) is 6.92 Å². The summed E-state index contributed by atoms with van der Waals surface area (Å²) in [5.41, 5.74) is 5.38. The molecule has 0 bridgehead atoms. The summed E-state index contributed by atoms with van der Waals surface area (Å²) in [6.45, 7) is 6.43. The van der Waals surface area contributed by atoms with Crippen LogP contribution in [0.25, 0.3) is 0 Å². The van der Waals surface area contributed by atoms with Crippen LogP contribution in [-0.2, 0) is 12.8 Å². The van der Waals surface area contributed by atoms with Gasteiger partial charge in [-0.2, -0.15) is 0 Å². The second kappa shape index (κ2) is 6.07. The van der Waals surface area contributed by atoms with Gasteiger partial charge < -0.3 is 9.73 Å². The number of aryl methyl sites for hydroxylation is 3. The summed E-state index contributed by atoms with van der Waals surface area (Å²) in [5.74, 6) is 0.989. The van der Waals surface area contributed by atoms with Gasteiger partial charge in [0.1, 0.15) is 5.76 Å². The van der Waals surface area contributed by atoms with E-state index in [9.17, 15) is 0 Å². The Morgan fingerprint density at radius 3 is 2.42 bits per heavy atom. The lowest BCUT2D eigenvalue weighted by Gasteiger charge is -2.20. The molecule has 0 radical (unpaired) electrons. The van der Waals surface area contributed by atoms with Crippen LogP contribution in [0.4, 0.5) is 0 Å². The fraction of sp³-hybridized carbons (Fsp3) is 0.412. The molecule has 0 saturated heterocycles. The molecule has 2 rings (SSSR count). The Labute approximate surface area is 115 Å². The number of nitrogens with one attached hydrogen (secondary N) is 1. The van der Waals surface area contributed by atoms with Gasteiger partial charge in [-0.15, -0.1) is 0 Å². The van der Waals surface area contributed by atoms with E-state index < -0.39 is 0 Å². The topological polar surface area (TPSA) is 25.2 Å². The predicted molar refractivity (Wildman–Crippen MR) is 79.5 cm³/mol. The highest BCUT2D eigenvalue weighted by Gasteiger charge is 2.18. The highest BCUT2D eigenvalue weighted by atomic mass is 16.3. The van der Waals surface area contributed by atoms with Crippen molar-refractivity contribution in [3.05, 3.63) is 58.5 Å². The van der Waals surface area contributed by atoms with Crippen LogP contribution in [0.2, 0.25) is 0 Å². The van der Waals surface area contributed by atoms with E-state index in [-0.39, 0.29) is 6.04 Å². The molecule has 0 aliphatic carbocycles. The minimum Gasteiger partial charge on any atom is -0.469 e. The number of hydrogen-bond donors (Lipinski definition) is 1. The van der Waals surface area contributed by atoms with Crippen LogP contribution >= 0.6 is 0 Å². The summed E-state index contributed by atoms with van der Waals surface area (Å²) in [6.07, 6.45) is 3.89. The third-order valence-corrected chi connectivity index (χ3v) is 3.81. The van der Waals surface area contributed by atoms with Crippen LogP contribution in [-0.4, -0.2) is 7.05 Å². The van der Waals surface area contributed by atoms with E-state index in [0.29, 0.717) is 0 Å². The molecular formula is C17H23NO. The van der Waals surface area contributed by atoms with E-state index >= 15 is 0 Å². The summed E-state index contributed by atoms with van der Waals surface area (Å²) >= 11 is 0. The molecule has 1 heterocycles. The molecule has 1 aromatic carbocycles. The lowest BCUT2D eigenvalue weighted by molar-refractivity contribution is 0.523. The molecule has 2 heteroatoms. The molecule has 1 aromatic heterocycles. The summed E-state index contributed by atoms with van der Waals surface area (Å²) in [4.78, 5) is 0. The quantitative estimate of drug-likeness (QED) is 0.875. The van der Waals surface area contributed by atoms with Crippen LogP contribution < -0.4 is 5.32 Å². The molecule has 1 unspecified atom stereocenters. The molecule has 2 aromatic rings. The number of rotatable bonds is 5. The third kappa shape index (κ3) is 2.74. The van der Waals surface area contributed by atoms with Crippen molar-refractivity contribution in [1.82, 2.24) is 5.32 Å². The highest BCUT2D eigenvalue weighted by molar-refractivity contribution is 5.40. The first-order valence-electron chi connectivity index (χ1n) is 7.04.